The molecule has 3 aliphatic rings. The number of carbonyl (C=O) groups excluding carboxylic acids is 2. The molecule has 0 aliphatic carbocycles. The second-order valence-corrected chi connectivity index (χ2v) is 13.1. The van der Waals surface area contributed by atoms with Crippen molar-refractivity contribution in [2.45, 2.75) is 25.9 Å². The number of ether oxygens (including phenoxy) is 1. The lowest BCUT2D eigenvalue weighted by atomic mass is 10.1. The molecule has 210 valence electrons. The number of nitro benzene ring substituents is 1. The highest BCUT2D eigenvalue weighted by Gasteiger charge is 2.34. The van der Waals surface area contributed by atoms with E-state index in [4.69, 9.17) is 4.74 Å². The molecule has 2 aromatic carbocycles. The van der Waals surface area contributed by atoms with Gasteiger partial charge in [0.05, 0.1) is 40.9 Å². The Bertz CT molecular complexity index is 1540. The first kappa shape index (κ1) is 28.1. The summed E-state index contributed by atoms with van der Waals surface area (Å²) in [6, 6.07) is 9.34. The van der Waals surface area contributed by atoms with Crippen LogP contribution in [0.1, 0.15) is 18.1 Å². The summed E-state index contributed by atoms with van der Waals surface area (Å²) in [5, 5.41) is 13.1. The molecule has 1 fully saturated rings. The second kappa shape index (κ2) is 10.7. The highest BCUT2D eigenvalue weighted by molar-refractivity contribution is 7.93. The smallest absolute Gasteiger partial charge is 0.414 e. The maximum absolute atomic E-state index is 12.1. The maximum atomic E-state index is 12.1. The summed E-state index contributed by atoms with van der Waals surface area (Å²) in [7, 11) is -4.97. The summed E-state index contributed by atoms with van der Waals surface area (Å²) < 4.78 is 55.1. The van der Waals surface area contributed by atoms with Crippen LogP contribution in [-0.4, -0.2) is 71.5 Å². The van der Waals surface area contributed by atoms with Crippen molar-refractivity contribution in [3.05, 3.63) is 57.6 Å². The Morgan fingerprint density at radius 3 is 2.54 bits per heavy atom. The van der Waals surface area contributed by atoms with Gasteiger partial charge in [-0.05, 0) is 48.2 Å². The zero-order valence-corrected chi connectivity index (χ0v) is 22.7. The number of anilines is 3. The number of carbonyl (C=O) groups is 2. The first-order chi connectivity index (χ1) is 18.3. The number of sulfonamides is 2. The van der Waals surface area contributed by atoms with Crippen LogP contribution >= 0.6 is 0 Å². The first-order valence-corrected chi connectivity index (χ1v) is 15.1. The van der Waals surface area contributed by atoms with Gasteiger partial charge in [-0.3, -0.25) is 28.8 Å². The zero-order chi connectivity index (χ0) is 28.5. The van der Waals surface area contributed by atoms with Crippen LogP contribution in [0, 0.1) is 10.1 Å². The van der Waals surface area contributed by atoms with Gasteiger partial charge in [0.15, 0.2) is 0 Å². The van der Waals surface area contributed by atoms with Crippen molar-refractivity contribution in [1.82, 2.24) is 5.32 Å². The van der Waals surface area contributed by atoms with Gasteiger partial charge in [0, 0.05) is 31.8 Å². The number of rotatable bonds is 4. The molecule has 0 bridgehead atoms. The Kier molecular flexibility index (Phi) is 7.70. The fraction of sp³-hybridized carbons (Fsp3) is 0.391. The van der Waals surface area contributed by atoms with Crippen LogP contribution in [0.4, 0.5) is 27.5 Å². The van der Waals surface area contributed by atoms with E-state index in [1.807, 2.05) is 6.07 Å². The van der Waals surface area contributed by atoms with Gasteiger partial charge in [0.1, 0.15) is 6.10 Å². The molecule has 16 heteroatoms. The number of aryl methyl sites for hydroxylation is 2. The summed E-state index contributed by atoms with van der Waals surface area (Å²) in [6.07, 6.45) is -0.150. The number of amides is 2. The van der Waals surface area contributed by atoms with Crippen LogP contribution in [0.5, 0.6) is 0 Å². The van der Waals surface area contributed by atoms with E-state index in [2.05, 4.69) is 10.0 Å². The molecule has 0 aromatic heterocycles. The van der Waals surface area contributed by atoms with Gasteiger partial charge in [0.2, 0.25) is 26.0 Å². The molecule has 1 atom stereocenters. The van der Waals surface area contributed by atoms with E-state index in [0.717, 1.165) is 5.56 Å². The number of nitro groups is 1. The number of fused-ring (bicyclic) bond motifs is 2. The van der Waals surface area contributed by atoms with Crippen molar-refractivity contribution in [2.24, 2.45) is 0 Å². The molecule has 0 radical (unpaired) electrons. The lowest BCUT2D eigenvalue weighted by Gasteiger charge is -2.28. The van der Waals surface area contributed by atoms with E-state index in [-0.39, 0.29) is 29.6 Å². The molecule has 3 heterocycles. The van der Waals surface area contributed by atoms with E-state index in [1.165, 1.54) is 41.4 Å². The summed E-state index contributed by atoms with van der Waals surface area (Å²) in [4.78, 5) is 34.5. The minimum absolute atomic E-state index is 0.0187. The number of benzene rings is 2. The molecule has 0 unspecified atom stereocenters. The number of hydrogen-bond donors (Lipinski definition) is 2. The number of nitrogens with one attached hydrogen (secondary N) is 2. The largest absolute Gasteiger partial charge is 0.442 e. The van der Waals surface area contributed by atoms with Crippen molar-refractivity contribution in [3.8, 4) is 0 Å². The zero-order valence-electron chi connectivity index (χ0n) is 21.1. The summed E-state index contributed by atoms with van der Waals surface area (Å²) in [5.41, 5.74) is 3.26. The Labute approximate surface area is 225 Å². The molecule has 2 N–H and O–H groups in total. The third-order valence-corrected chi connectivity index (χ3v) is 9.44. The molecule has 0 spiro atoms. The molecule has 2 amide bonds. The maximum Gasteiger partial charge on any atom is 0.414 e. The third kappa shape index (κ3) is 6.39. The van der Waals surface area contributed by atoms with Gasteiger partial charge in [-0.15, -0.1) is 0 Å². The summed E-state index contributed by atoms with van der Waals surface area (Å²) in [5.74, 6) is -0.154. The monoisotopic (exact) mass is 581 g/mol. The fourth-order valence-corrected chi connectivity index (χ4v) is 6.69. The molecule has 39 heavy (non-hydrogen) atoms. The van der Waals surface area contributed by atoms with Crippen molar-refractivity contribution in [1.29, 1.82) is 0 Å². The quantitative estimate of drug-likeness (QED) is 0.397. The van der Waals surface area contributed by atoms with Crippen molar-refractivity contribution in [2.75, 3.05) is 45.6 Å². The Morgan fingerprint density at radius 2 is 1.85 bits per heavy atom. The summed E-state index contributed by atoms with van der Waals surface area (Å²) in [6.45, 7) is 2.01. The van der Waals surface area contributed by atoms with Gasteiger partial charge < -0.3 is 10.1 Å². The first-order valence-electron chi connectivity index (χ1n) is 11.9. The number of non-ortho nitro benzene ring substituents is 1. The molecule has 2 aromatic rings. The van der Waals surface area contributed by atoms with Gasteiger partial charge in [-0.25, -0.2) is 21.6 Å². The van der Waals surface area contributed by atoms with Gasteiger partial charge in [0.25, 0.3) is 5.69 Å². The van der Waals surface area contributed by atoms with Crippen LogP contribution in [0.2, 0.25) is 0 Å². The van der Waals surface area contributed by atoms with E-state index in [1.54, 1.807) is 12.1 Å². The second-order valence-electron chi connectivity index (χ2n) is 9.17. The fourth-order valence-electron chi connectivity index (χ4n) is 4.33. The van der Waals surface area contributed by atoms with E-state index >= 15 is 0 Å². The van der Waals surface area contributed by atoms with E-state index < -0.39 is 37.2 Å². The van der Waals surface area contributed by atoms with Gasteiger partial charge in [-0.2, -0.15) is 0 Å². The van der Waals surface area contributed by atoms with Crippen molar-refractivity contribution >= 4 is 54.8 Å². The molecule has 1 saturated heterocycles. The molecular formula is C23H27N5O9S2. The molecule has 14 nitrogen and oxygen atoms in total. The van der Waals surface area contributed by atoms with Crippen LogP contribution < -0.4 is 19.2 Å². The predicted molar refractivity (Wildman–Crippen MR) is 143 cm³/mol. The minimum Gasteiger partial charge on any atom is -0.442 e. The normalized spacial score (nSPS) is 20.4. The standard InChI is InChI=1S/C15H19N3O5S.C8H8N2O4S/c1-10(19)16-8-13-9-18(15(20)23-13)12-3-4-14-11(7-12)5-6-24(21,22)17(14)2;11-10(12)7-1-2-8-6(5-7)3-4-15(13,14)9-8/h3-4,7,13H,5-6,8-9H2,1-2H3,(H,16,19);1-2,5,9H,3-4H2/t13-;/m0./s1. The van der Waals surface area contributed by atoms with Crippen LogP contribution in [0.15, 0.2) is 36.4 Å². The molecule has 0 saturated carbocycles. The van der Waals surface area contributed by atoms with Crippen molar-refractivity contribution in [3.63, 3.8) is 0 Å². The average molecular weight is 582 g/mol. The van der Waals surface area contributed by atoms with E-state index in [0.29, 0.717) is 42.0 Å². The van der Waals surface area contributed by atoms with Crippen LogP contribution in [0.25, 0.3) is 0 Å². The third-order valence-electron chi connectivity index (χ3n) is 6.42. The SMILES string of the molecule is CC(=O)NC[C@H]1CN(c2ccc3c(c2)CCS(=O)(=O)N3C)C(=O)O1.O=[N+]([O-])c1ccc2c(c1)CCS(=O)(=O)N2. The molecule has 3 aliphatic heterocycles. The molecule has 5 rings (SSSR count). The van der Waals surface area contributed by atoms with Crippen LogP contribution in [0.3, 0.4) is 0 Å². The molecular weight excluding hydrogens is 554 g/mol. The Morgan fingerprint density at radius 1 is 1.13 bits per heavy atom. The predicted octanol–water partition coefficient (Wildman–Crippen LogP) is 1.36. The topological polar surface area (TPSA) is 185 Å². The van der Waals surface area contributed by atoms with Gasteiger partial charge >= 0.3 is 6.09 Å². The summed E-state index contributed by atoms with van der Waals surface area (Å²) >= 11 is 0. The van der Waals surface area contributed by atoms with Crippen molar-refractivity contribution < 1.29 is 36.1 Å². The number of hydrogen-bond acceptors (Lipinski definition) is 9. The number of nitrogens with zero attached hydrogens (tertiary/aromatic N) is 3. The highest BCUT2D eigenvalue weighted by atomic mass is 32.2. The Balaban J connectivity index is 0.000000202. The lowest BCUT2D eigenvalue weighted by molar-refractivity contribution is -0.384. The van der Waals surface area contributed by atoms with Crippen LogP contribution in [-0.2, 0) is 42.4 Å². The Hall–Kier alpha value is -3.92. The average Bonchev–Trinajstić information content (AvgIpc) is 3.25. The van der Waals surface area contributed by atoms with Gasteiger partial charge in [-0.1, -0.05) is 0 Å². The number of cyclic esters (lactones) is 1. The minimum atomic E-state index is -3.25. The lowest BCUT2D eigenvalue weighted by Crippen LogP contribution is -2.35. The highest BCUT2D eigenvalue weighted by Crippen LogP contribution is 2.33. The van der Waals surface area contributed by atoms with E-state index in [9.17, 15) is 36.5 Å².